The Morgan fingerprint density at radius 2 is 2.08 bits per heavy atom. The fraction of sp³-hybridized carbons (Fsp3) is 0.765. The molecule has 134 valence electrons. The predicted octanol–water partition coefficient (Wildman–Crippen LogP) is 1.12. The van der Waals surface area contributed by atoms with Crippen LogP contribution >= 0.6 is 0 Å². The highest BCUT2D eigenvalue weighted by molar-refractivity contribution is 5.76. The number of nitrogens with zero attached hydrogens (tertiary/aromatic N) is 4. The Morgan fingerprint density at radius 3 is 2.79 bits per heavy atom. The maximum absolute atomic E-state index is 12.4. The van der Waals surface area contributed by atoms with E-state index in [1.165, 1.54) is 5.56 Å². The molecule has 0 aromatic carbocycles. The molecule has 0 N–H and O–H groups in total. The van der Waals surface area contributed by atoms with Gasteiger partial charge in [0, 0.05) is 39.1 Å². The lowest BCUT2D eigenvalue weighted by Gasteiger charge is -2.29. The van der Waals surface area contributed by atoms with Gasteiger partial charge in [-0.15, -0.1) is 0 Å². The standard InChI is InChI=1S/C17H28N4O3/c1-13-16(17(23-3)19(2)18-13)14-5-4-7-20(14)8-6-15(22)21-9-11-24-12-10-21/h14H,4-12H2,1-3H3. The maximum atomic E-state index is 12.4. The van der Waals surface area contributed by atoms with Gasteiger partial charge in [-0.25, -0.2) is 4.68 Å². The Bertz CT molecular complexity index is 581. The van der Waals surface area contributed by atoms with Gasteiger partial charge in [0.15, 0.2) is 0 Å². The fourth-order valence-corrected chi connectivity index (χ4v) is 3.91. The smallest absolute Gasteiger partial charge is 0.224 e. The van der Waals surface area contributed by atoms with Gasteiger partial charge in [0.2, 0.25) is 11.8 Å². The van der Waals surface area contributed by atoms with Crippen LogP contribution in [-0.2, 0) is 16.6 Å². The van der Waals surface area contributed by atoms with Crippen LogP contribution in [0.3, 0.4) is 0 Å². The van der Waals surface area contributed by atoms with Crippen LogP contribution in [0.2, 0.25) is 0 Å². The summed E-state index contributed by atoms with van der Waals surface area (Å²) in [5.41, 5.74) is 2.20. The molecule has 24 heavy (non-hydrogen) atoms. The first kappa shape index (κ1) is 17.2. The average molecular weight is 336 g/mol. The summed E-state index contributed by atoms with van der Waals surface area (Å²) in [6.45, 7) is 6.61. The number of carbonyl (C=O) groups is 1. The van der Waals surface area contributed by atoms with Crippen LogP contribution in [0.1, 0.15) is 36.6 Å². The van der Waals surface area contributed by atoms with Crippen LogP contribution in [0.25, 0.3) is 0 Å². The monoisotopic (exact) mass is 336 g/mol. The van der Waals surface area contributed by atoms with Crippen molar-refractivity contribution in [1.82, 2.24) is 19.6 Å². The van der Waals surface area contributed by atoms with Crippen molar-refractivity contribution in [3.05, 3.63) is 11.3 Å². The minimum atomic E-state index is 0.235. The van der Waals surface area contributed by atoms with E-state index >= 15 is 0 Å². The second-order valence-electron chi connectivity index (χ2n) is 6.57. The second-order valence-corrected chi connectivity index (χ2v) is 6.57. The molecule has 7 heteroatoms. The predicted molar refractivity (Wildman–Crippen MR) is 90.1 cm³/mol. The van der Waals surface area contributed by atoms with Crippen molar-refractivity contribution in [3.8, 4) is 5.88 Å². The van der Waals surface area contributed by atoms with Crippen molar-refractivity contribution >= 4 is 5.91 Å². The van der Waals surface area contributed by atoms with Crippen LogP contribution in [0.5, 0.6) is 5.88 Å². The normalized spacial score (nSPS) is 22.1. The summed E-state index contributed by atoms with van der Waals surface area (Å²) in [6.07, 6.45) is 2.81. The second kappa shape index (κ2) is 7.53. The van der Waals surface area contributed by atoms with Crippen LogP contribution in [-0.4, -0.2) is 72.0 Å². The van der Waals surface area contributed by atoms with E-state index in [2.05, 4.69) is 10.00 Å². The van der Waals surface area contributed by atoms with Gasteiger partial charge in [0.05, 0.1) is 31.6 Å². The van der Waals surface area contributed by atoms with Crippen molar-refractivity contribution in [2.75, 3.05) is 46.5 Å². The van der Waals surface area contributed by atoms with E-state index in [1.807, 2.05) is 18.9 Å². The molecule has 0 spiro atoms. The summed E-state index contributed by atoms with van der Waals surface area (Å²) in [7, 11) is 3.61. The number of aryl methyl sites for hydroxylation is 2. The summed E-state index contributed by atoms with van der Waals surface area (Å²) in [5.74, 6) is 1.07. The molecule has 7 nitrogen and oxygen atoms in total. The lowest BCUT2D eigenvalue weighted by molar-refractivity contribution is -0.135. The highest BCUT2D eigenvalue weighted by Crippen LogP contribution is 2.38. The van der Waals surface area contributed by atoms with Gasteiger partial charge in [-0.1, -0.05) is 0 Å². The largest absolute Gasteiger partial charge is 0.481 e. The fourth-order valence-electron chi connectivity index (χ4n) is 3.91. The molecule has 3 rings (SSSR count). The Balaban J connectivity index is 1.64. The zero-order chi connectivity index (χ0) is 17.1. The van der Waals surface area contributed by atoms with E-state index in [0.717, 1.165) is 50.6 Å². The van der Waals surface area contributed by atoms with E-state index in [9.17, 15) is 4.79 Å². The van der Waals surface area contributed by atoms with Crippen LogP contribution in [0.15, 0.2) is 0 Å². The van der Waals surface area contributed by atoms with Crippen molar-refractivity contribution in [2.45, 2.75) is 32.2 Å². The van der Waals surface area contributed by atoms with E-state index < -0.39 is 0 Å². The number of amides is 1. The van der Waals surface area contributed by atoms with Gasteiger partial charge in [0.1, 0.15) is 0 Å². The Hall–Kier alpha value is -1.60. The maximum Gasteiger partial charge on any atom is 0.224 e. The quantitative estimate of drug-likeness (QED) is 0.806. The van der Waals surface area contributed by atoms with Gasteiger partial charge in [0.25, 0.3) is 0 Å². The van der Waals surface area contributed by atoms with E-state index in [1.54, 1.807) is 11.8 Å². The van der Waals surface area contributed by atoms with E-state index in [-0.39, 0.29) is 5.91 Å². The number of morpholine rings is 1. The number of methoxy groups -OCH3 is 1. The molecule has 0 aliphatic carbocycles. The molecule has 1 amide bonds. The first-order valence-electron chi connectivity index (χ1n) is 8.79. The summed E-state index contributed by atoms with van der Waals surface area (Å²) >= 11 is 0. The van der Waals surface area contributed by atoms with Gasteiger partial charge in [-0.05, 0) is 26.3 Å². The number of hydrogen-bond donors (Lipinski definition) is 0. The highest BCUT2D eigenvalue weighted by Gasteiger charge is 2.32. The minimum absolute atomic E-state index is 0.235. The summed E-state index contributed by atoms with van der Waals surface area (Å²) in [5, 5.41) is 4.51. The molecule has 0 saturated carbocycles. The molecule has 1 atom stereocenters. The number of ether oxygens (including phenoxy) is 2. The Kier molecular flexibility index (Phi) is 5.40. The van der Waals surface area contributed by atoms with Crippen LogP contribution in [0, 0.1) is 6.92 Å². The molecule has 2 fully saturated rings. The van der Waals surface area contributed by atoms with Gasteiger partial charge >= 0.3 is 0 Å². The zero-order valence-corrected chi connectivity index (χ0v) is 15.0. The Labute approximate surface area is 143 Å². The van der Waals surface area contributed by atoms with Crippen molar-refractivity contribution in [2.24, 2.45) is 7.05 Å². The Morgan fingerprint density at radius 1 is 1.33 bits per heavy atom. The third-order valence-corrected chi connectivity index (χ3v) is 5.08. The van der Waals surface area contributed by atoms with Crippen LogP contribution in [0.4, 0.5) is 0 Å². The number of hydrogen-bond acceptors (Lipinski definition) is 5. The summed E-state index contributed by atoms with van der Waals surface area (Å²) in [6, 6.07) is 0.297. The number of likely N-dealkylation sites (tertiary alicyclic amines) is 1. The molecule has 2 aliphatic rings. The third-order valence-electron chi connectivity index (χ3n) is 5.08. The minimum Gasteiger partial charge on any atom is -0.481 e. The highest BCUT2D eigenvalue weighted by atomic mass is 16.5. The molecular formula is C17H28N4O3. The van der Waals surface area contributed by atoms with Crippen molar-refractivity contribution in [3.63, 3.8) is 0 Å². The molecule has 2 saturated heterocycles. The van der Waals surface area contributed by atoms with Gasteiger partial charge in [-0.2, -0.15) is 5.10 Å². The topological polar surface area (TPSA) is 59.8 Å². The lowest BCUT2D eigenvalue weighted by Crippen LogP contribution is -2.42. The summed E-state index contributed by atoms with van der Waals surface area (Å²) in [4.78, 5) is 16.7. The molecule has 1 aromatic heterocycles. The van der Waals surface area contributed by atoms with Crippen LogP contribution < -0.4 is 4.74 Å². The molecule has 0 bridgehead atoms. The molecule has 2 aliphatic heterocycles. The lowest BCUT2D eigenvalue weighted by atomic mass is 10.0. The third kappa shape index (κ3) is 3.42. The first-order valence-corrected chi connectivity index (χ1v) is 8.79. The van der Waals surface area contributed by atoms with Gasteiger partial charge < -0.3 is 14.4 Å². The number of rotatable bonds is 5. The molecule has 1 unspecified atom stereocenters. The van der Waals surface area contributed by atoms with Crippen molar-refractivity contribution in [1.29, 1.82) is 0 Å². The van der Waals surface area contributed by atoms with E-state index in [0.29, 0.717) is 25.7 Å². The zero-order valence-electron chi connectivity index (χ0n) is 15.0. The number of aromatic nitrogens is 2. The molecule has 3 heterocycles. The molecule has 1 aromatic rings. The first-order chi connectivity index (χ1) is 11.6. The van der Waals surface area contributed by atoms with Gasteiger partial charge in [-0.3, -0.25) is 9.69 Å². The molecule has 0 radical (unpaired) electrons. The van der Waals surface area contributed by atoms with E-state index in [4.69, 9.17) is 9.47 Å². The number of carbonyl (C=O) groups excluding carboxylic acids is 1. The average Bonchev–Trinajstić information content (AvgIpc) is 3.16. The van der Waals surface area contributed by atoms with Crippen molar-refractivity contribution < 1.29 is 14.3 Å². The SMILES string of the molecule is COc1c(C2CCCN2CCC(=O)N2CCOCC2)c(C)nn1C. The molecular weight excluding hydrogens is 308 g/mol. The summed E-state index contributed by atoms with van der Waals surface area (Å²) < 4.78 is 12.7.